The predicted molar refractivity (Wildman–Crippen MR) is 153 cm³/mol. The Morgan fingerprint density at radius 3 is 2.90 bits per heavy atom. The van der Waals surface area contributed by atoms with E-state index in [0.717, 1.165) is 39.0 Å². The first-order valence-electron chi connectivity index (χ1n) is 14.6. The van der Waals surface area contributed by atoms with Gasteiger partial charge in [0.1, 0.15) is 0 Å². The van der Waals surface area contributed by atoms with Crippen LogP contribution < -0.4 is 10.6 Å². The fraction of sp³-hybridized carbons (Fsp3) is 0.667. The minimum atomic E-state index is -0.212. The predicted octanol–water partition coefficient (Wildman–Crippen LogP) is 2.77. The molecule has 2 N–H and O–H groups in total. The zero-order valence-electron chi connectivity index (χ0n) is 23.1. The van der Waals surface area contributed by atoms with Gasteiger partial charge in [0.2, 0.25) is 5.91 Å². The van der Waals surface area contributed by atoms with Gasteiger partial charge >= 0.3 is 0 Å². The smallest absolute Gasteiger partial charge is 0.246 e. The number of fused-ring (bicyclic) bond motifs is 2. The molecule has 1 spiro atoms. The molecular formula is C30H42N6O2S. The molecule has 1 aromatic rings. The van der Waals surface area contributed by atoms with Crippen LogP contribution in [0.15, 0.2) is 41.8 Å². The summed E-state index contributed by atoms with van der Waals surface area (Å²) in [5.41, 5.74) is 1.49. The molecule has 0 bridgehead atoms. The molecule has 210 valence electrons. The van der Waals surface area contributed by atoms with Gasteiger partial charge in [-0.2, -0.15) is 5.26 Å². The number of nitrogens with zero attached hydrogens (tertiary/aromatic N) is 4. The summed E-state index contributed by atoms with van der Waals surface area (Å²) in [6.07, 6.45) is 8.67. The molecule has 1 aromatic carbocycles. The first-order chi connectivity index (χ1) is 19.0. The topological polar surface area (TPSA) is 83.9 Å². The molecule has 1 saturated carbocycles. The molecule has 6 unspecified atom stereocenters. The summed E-state index contributed by atoms with van der Waals surface area (Å²) in [6.45, 7) is 7.63. The highest BCUT2D eigenvalue weighted by Crippen LogP contribution is 2.54. The number of amides is 1. The van der Waals surface area contributed by atoms with E-state index in [1.807, 2.05) is 4.90 Å². The zero-order chi connectivity index (χ0) is 27.0. The Kier molecular flexibility index (Phi) is 8.05. The molecule has 0 radical (unpaired) electrons. The van der Waals surface area contributed by atoms with Crippen molar-refractivity contribution in [3.8, 4) is 6.07 Å². The number of nitriles is 1. The lowest BCUT2D eigenvalue weighted by Gasteiger charge is -2.55. The largest absolute Gasteiger partial charge is 0.348 e. The van der Waals surface area contributed by atoms with Crippen LogP contribution in [0.1, 0.15) is 44.1 Å². The van der Waals surface area contributed by atoms with Crippen LogP contribution in [0.2, 0.25) is 0 Å². The van der Waals surface area contributed by atoms with Crippen LogP contribution >= 0.6 is 11.8 Å². The summed E-state index contributed by atoms with van der Waals surface area (Å²) in [7, 11) is 2.20. The lowest BCUT2D eigenvalue weighted by molar-refractivity contribution is -0.135. The van der Waals surface area contributed by atoms with E-state index in [9.17, 15) is 10.1 Å². The van der Waals surface area contributed by atoms with E-state index in [0.29, 0.717) is 37.5 Å². The molecule has 7 atom stereocenters. The van der Waals surface area contributed by atoms with E-state index in [2.05, 4.69) is 76.2 Å². The van der Waals surface area contributed by atoms with Gasteiger partial charge in [-0.1, -0.05) is 24.8 Å². The quantitative estimate of drug-likeness (QED) is 0.524. The standard InChI is InChI=1S/C30H42N6O2S/c1-3-27(37)36-16-15-35(19-22(36)11-13-31)28-24-10-12-30(17-21-7-4-5-9-26(21)39-30)18-25(24)32-29(33-28)38-20-23-8-6-14-34(23)2/h3-5,7,9,22-25,28-29,32-33H,1,6,8,10-12,14-20H2,2H3/t22?,23?,24?,25?,28?,29?,30-/m0/s1. The molecule has 39 heavy (non-hydrogen) atoms. The highest BCUT2D eigenvalue weighted by atomic mass is 32.2. The second-order valence-corrected chi connectivity index (χ2v) is 13.6. The molecule has 1 aliphatic carbocycles. The molecule has 9 heteroatoms. The van der Waals surface area contributed by atoms with Crippen molar-refractivity contribution in [2.45, 2.75) is 85.2 Å². The lowest BCUT2D eigenvalue weighted by atomic mass is 9.73. The number of likely N-dealkylation sites (tertiary alicyclic amines) is 1. The van der Waals surface area contributed by atoms with Gasteiger partial charge < -0.3 is 14.5 Å². The number of nitrogens with one attached hydrogen (secondary N) is 2. The summed E-state index contributed by atoms with van der Waals surface area (Å²) in [4.78, 5) is 20.7. The van der Waals surface area contributed by atoms with Crippen LogP contribution in [0.5, 0.6) is 0 Å². The number of ether oxygens (including phenoxy) is 1. The van der Waals surface area contributed by atoms with Gasteiger partial charge in [-0.15, -0.1) is 11.8 Å². The Morgan fingerprint density at radius 2 is 2.13 bits per heavy atom. The van der Waals surface area contributed by atoms with Gasteiger partial charge in [0, 0.05) is 47.3 Å². The lowest BCUT2D eigenvalue weighted by Crippen LogP contribution is -2.72. The highest BCUT2D eigenvalue weighted by molar-refractivity contribution is 8.01. The Labute approximate surface area is 237 Å². The minimum Gasteiger partial charge on any atom is -0.348 e. The summed E-state index contributed by atoms with van der Waals surface area (Å²) < 4.78 is 6.79. The SMILES string of the molecule is C=CC(=O)N1CCN(C2NC(OCC3CCCN3C)NC3C[C@]4(CCC32)Cc2ccccc2S4)CC1CC#N. The third-order valence-corrected chi connectivity index (χ3v) is 11.3. The van der Waals surface area contributed by atoms with Crippen molar-refractivity contribution in [1.29, 1.82) is 5.26 Å². The number of carbonyl (C=O) groups excluding carboxylic acids is 1. The zero-order valence-corrected chi connectivity index (χ0v) is 23.9. The second-order valence-electron chi connectivity index (χ2n) is 12.1. The van der Waals surface area contributed by atoms with Gasteiger partial charge in [-0.05, 0) is 69.8 Å². The number of likely N-dealkylation sites (N-methyl/N-ethyl adjacent to an activating group) is 1. The monoisotopic (exact) mass is 550 g/mol. The highest BCUT2D eigenvalue weighted by Gasteiger charge is 2.51. The molecule has 8 nitrogen and oxygen atoms in total. The third kappa shape index (κ3) is 5.52. The van der Waals surface area contributed by atoms with Crippen molar-refractivity contribution in [2.24, 2.45) is 5.92 Å². The summed E-state index contributed by atoms with van der Waals surface area (Å²) >= 11 is 2.09. The molecule has 1 amide bonds. The van der Waals surface area contributed by atoms with Crippen molar-refractivity contribution >= 4 is 17.7 Å². The number of carbonyl (C=O) groups is 1. The van der Waals surface area contributed by atoms with Crippen LogP contribution in [-0.2, 0) is 16.0 Å². The van der Waals surface area contributed by atoms with Gasteiger partial charge in [0.15, 0.2) is 6.35 Å². The fourth-order valence-corrected chi connectivity index (χ4v) is 9.27. The average Bonchev–Trinajstić information content (AvgIpc) is 3.52. The van der Waals surface area contributed by atoms with Gasteiger partial charge in [0.25, 0.3) is 0 Å². The number of rotatable bonds is 6. The first kappa shape index (κ1) is 27.3. The number of hydrogen-bond donors (Lipinski definition) is 2. The summed E-state index contributed by atoms with van der Waals surface area (Å²) in [6, 6.07) is 11.9. The third-order valence-electron chi connectivity index (χ3n) is 9.77. The van der Waals surface area contributed by atoms with E-state index in [1.54, 1.807) is 0 Å². The van der Waals surface area contributed by atoms with Crippen molar-refractivity contribution in [2.75, 3.05) is 39.8 Å². The Morgan fingerprint density at radius 1 is 1.26 bits per heavy atom. The maximum Gasteiger partial charge on any atom is 0.246 e. The van der Waals surface area contributed by atoms with E-state index < -0.39 is 0 Å². The molecule has 4 aliphatic heterocycles. The molecule has 4 fully saturated rings. The van der Waals surface area contributed by atoms with E-state index in [-0.39, 0.29) is 29.2 Å². The minimum absolute atomic E-state index is 0.0784. The van der Waals surface area contributed by atoms with Crippen LogP contribution in [0, 0.1) is 17.2 Å². The molecule has 4 heterocycles. The molecular weight excluding hydrogens is 508 g/mol. The second kappa shape index (κ2) is 11.5. The van der Waals surface area contributed by atoms with E-state index in [1.165, 1.54) is 35.8 Å². The Hall–Kier alpha value is -1.93. The van der Waals surface area contributed by atoms with Crippen LogP contribution in [-0.4, -0.2) is 95.8 Å². The van der Waals surface area contributed by atoms with Crippen LogP contribution in [0.3, 0.4) is 0 Å². The van der Waals surface area contributed by atoms with E-state index >= 15 is 0 Å². The normalized spacial score (nSPS) is 36.9. The van der Waals surface area contributed by atoms with Crippen molar-refractivity contribution in [3.63, 3.8) is 0 Å². The van der Waals surface area contributed by atoms with Crippen molar-refractivity contribution < 1.29 is 9.53 Å². The molecule has 0 aromatic heterocycles. The van der Waals surface area contributed by atoms with Crippen molar-refractivity contribution in [1.82, 2.24) is 25.3 Å². The number of piperazine rings is 1. The Bertz CT molecular complexity index is 1080. The summed E-state index contributed by atoms with van der Waals surface area (Å²) in [5.74, 6) is 0.365. The van der Waals surface area contributed by atoms with Gasteiger partial charge in [-0.3, -0.25) is 20.3 Å². The van der Waals surface area contributed by atoms with Crippen LogP contribution in [0.25, 0.3) is 0 Å². The number of hydrogen-bond acceptors (Lipinski definition) is 8. The number of thioether (sulfide) groups is 1. The van der Waals surface area contributed by atoms with Gasteiger partial charge in [0.05, 0.1) is 31.3 Å². The number of benzene rings is 1. The maximum absolute atomic E-state index is 12.5. The first-order valence-corrected chi connectivity index (χ1v) is 15.5. The molecule has 6 rings (SSSR count). The Balaban J connectivity index is 1.20. The van der Waals surface area contributed by atoms with Crippen molar-refractivity contribution in [3.05, 3.63) is 42.5 Å². The fourth-order valence-electron chi connectivity index (χ4n) is 7.67. The summed E-state index contributed by atoms with van der Waals surface area (Å²) in [5, 5.41) is 17.3. The van der Waals surface area contributed by atoms with E-state index in [4.69, 9.17) is 4.74 Å². The van der Waals surface area contributed by atoms with Gasteiger partial charge in [-0.25, -0.2) is 0 Å². The average molecular weight is 551 g/mol. The van der Waals surface area contributed by atoms with Crippen LogP contribution in [0.4, 0.5) is 0 Å². The molecule has 3 saturated heterocycles. The molecule has 5 aliphatic rings. The maximum atomic E-state index is 12.5.